The standard InChI is InChI=1S/C14H24N4/c1-4-15-14-16-10-11(3)13(17-14)18(5-2)12-8-6-7-9-12/h10,12H,4-9H2,1-3H3,(H,15,16,17). The average Bonchev–Trinajstić information content (AvgIpc) is 2.88. The molecule has 1 aromatic heterocycles. The minimum Gasteiger partial charge on any atom is -0.354 e. The van der Waals surface area contributed by atoms with Gasteiger partial charge in [-0.3, -0.25) is 0 Å². The van der Waals surface area contributed by atoms with Crippen molar-refractivity contribution in [2.24, 2.45) is 0 Å². The summed E-state index contributed by atoms with van der Waals surface area (Å²) < 4.78 is 0. The van der Waals surface area contributed by atoms with Crippen LogP contribution in [0.1, 0.15) is 45.1 Å². The van der Waals surface area contributed by atoms with Crippen molar-refractivity contribution < 1.29 is 0 Å². The fourth-order valence-electron chi connectivity index (χ4n) is 2.76. The van der Waals surface area contributed by atoms with Crippen molar-refractivity contribution in [3.05, 3.63) is 11.8 Å². The lowest BCUT2D eigenvalue weighted by atomic mass is 10.2. The van der Waals surface area contributed by atoms with E-state index in [0.717, 1.165) is 24.9 Å². The van der Waals surface area contributed by atoms with Crippen LogP contribution in [0.4, 0.5) is 11.8 Å². The number of aromatic nitrogens is 2. The molecule has 4 heteroatoms. The molecule has 1 saturated carbocycles. The molecule has 18 heavy (non-hydrogen) atoms. The first-order valence-corrected chi connectivity index (χ1v) is 7.10. The van der Waals surface area contributed by atoms with Crippen LogP contribution in [0, 0.1) is 6.92 Å². The molecule has 0 saturated heterocycles. The predicted octanol–water partition coefficient (Wildman–Crippen LogP) is 2.99. The lowest BCUT2D eigenvalue weighted by molar-refractivity contribution is 0.611. The summed E-state index contributed by atoms with van der Waals surface area (Å²) in [5.74, 6) is 1.85. The summed E-state index contributed by atoms with van der Waals surface area (Å²) in [6.45, 7) is 8.26. The van der Waals surface area contributed by atoms with E-state index in [1.165, 1.54) is 31.2 Å². The largest absolute Gasteiger partial charge is 0.354 e. The normalized spacial score (nSPS) is 15.9. The first-order chi connectivity index (χ1) is 8.76. The molecule has 0 radical (unpaired) electrons. The van der Waals surface area contributed by atoms with Gasteiger partial charge in [0.05, 0.1) is 0 Å². The van der Waals surface area contributed by atoms with Gasteiger partial charge in [-0.05, 0) is 33.6 Å². The topological polar surface area (TPSA) is 41.1 Å². The maximum atomic E-state index is 4.68. The van der Waals surface area contributed by atoms with Crippen molar-refractivity contribution in [2.45, 2.75) is 52.5 Å². The molecule has 1 aliphatic rings. The van der Waals surface area contributed by atoms with E-state index in [1.54, 1.807) is 0 Å². The van der Waals surface area contributed by atoms with Gasteiger partial charge < -0.3 is 10.2 Å². The van der Waals surface area contributed by atoms with Crippen LogP contribution in [0.5, 0.6) is 0 Å². The molecular formula is C14H24N4. The second-order valence-corrected chi connectivity index (χ2v) is 4.95. The molecule has 0 aromatic carbocycles. The third-order valence-electron chi connectivity index (χ3n) is 3.66. The summed E-state index contributed by atoms with van der Waals surface area (Å²) in [6.07, 6.45) is 7.23. The van der Waals surface area contributed by atoms with Crippen molar-refractivity contribution in [1.29, 1.82) is 0 Å². The van der Waals surface area contributed by atoms with Crippen LogP contribution < -0.4 is 10.2 Å². The van der Waals surface area contributed by atoms with Crippen molar-refractivity contribution in [1.82, 2.24) is 9.97 Å². The van der Waals surface area contributed by atoms with E-state index in [2.05, 4.69) is 41.0 Å². The van der Waals surface area contributed by atoms with Crippen LogP contribution in [0.3, 0.4) is 0 Å². The van der Waals surface area contributed by atoms with Gasteiger partial charge in [0.2, 0.25) is 5.95 Å². The molecule has 1 fully saturated rings. The van der Waals surface area contributed by atoms with Gasteiger partial charge >= 0.3 is 0 Å². The Kier molecular flexibility index (Phi) is 4.39. The fourth-order valence-corrected chi connectivity index (χ4v) is 2.76. The third-order valence-corrected chi connectivity index (χ3v) is 3.66. The van der Waals surface area contributed by atoms with Gasteiger partial charge in [0, 0.05) is 30.9 Å². The Bertz CT molecular complexity index is 385. The van der Waals surface area contributed by atoms with E-state index in [-0.39, 0.29) is 0 Å². The maximum Gasteiger partial charge on any atom is 0.224 e. The van der Waals surface area contributed by atoms with Gasteiger partial charge in [0.25, 0.3) is 0 Å². The highest BCUT2D eigenvalue weighted by molar-refractivity contribution is 5.49. The molecule has 2 rings (SSSR count). The van der Waals surface area contributed by atoms with E-state index in [9.17, 15) is 0 Å². The zero-order valence-corrected chi connectivity index (χ0v) is 11.7. The second kappa shape index (κ2) is 6.03. The van der Waals surface area contributed by atoms with E-state index < -0.39 is 0 Å². The van der Waals surface area contributed by atoms with Gasteiger partial charge in [0.15, 0.2) is 0 Å². The summed E-state index contributed by atoms with van der Waals surface area (Å²) in [6, 6.07) is 0.665. The highest BCUT2D eigenvalue weighted by Gasteiger charge is 2.23. The number of nitrogens with zero attached hydrogens (tertiary/aromatic N) is 3. The van der Waals surface area contributed by atoms with Gasteiger partial charge in [-0.2, -0.15) is 4.98 Å². The molecule has 0 unspecified atom stereocenters. The average molecular weight is 248 g/mol. The van der Waals surface area contributed by atoms with Gasteiger partial charge in [0.1, 0.15) is 5.82 Å². The smallest absolute Gasteiger partial charge is 0.224 e. The Morgan fingerprint density at radius 1 is 1.33 bits per heavy atom. The summed E-state index contributed by atoms with van der Waals surface area (Å²) in [4.78, 5) is 11.5. The van der Waals surface area contributed by atoms with Crippen LogP contribution in [-0.4, -0.2) is 29.1 Å². The Morgan fingerprint density at radius 3 is 2.67 bits per heavy atom. The lowest BCUT2D eigenvalue weighted by Crippen LogP contribution is -2.34. The molecule has 0 aliphatic heterocycles. The first-order valence-electron chi connectivity index (χ1n) is 7.10. The molecule has 100 valence electrons. The Balaban J connectivity index is 2.25. The van der Waals surface area contributed by atoms with Crippen molar-refractivity contribution >= 4 is 11.8 Å². The summed E-state index contributed by atoms with van der Waals surface area (Å²) >= 11 is 0. The molecule has 0 bridgehead atoms. The number of hydrogen-bond acceptors (Lipinski definition) is 4. The van der Waals surface area contributed by atoms with Gasteiger partial charge in [-0.1, -0.05) is 12.8 Å². The highest BCUT2D eigenvalue weighted by Crippen LogP contribution is 2.29. The predicted molar refractivity (Wildman–Crippen MR) is 76.2 cm³/mol. The molecule has 1 aromatic rings. The van der Waals surface area contributed by atoms with E-state index in [0.29, 0.717) is 6.04 Å². The lowest BCUT2D eigenvalue weighted by Gasteiger charge is -2.30. The number of hydrogen-bond donors (Lipinski definition) is 1. The molecular weight excluding hydrogens is 224 g/mol. The zero-order chi connectivity index (χ0) is 13.0. The summed E-state index contributed by atoms with van der Waals surface area (Å²) in [7, 11) is 0. The number of aryl methyl sites for hydroxylation is 1. The minimum atomic E-state index is 0.665. The Labute approximate surface area is 110 Å². The van der Waals surface area contributed by atoms with Crippen LogP contribution >= 0.6 is 0 Å². The summed E-state index contributed by atoms with van der Waals surface area (Å²) in [5.41, 5.74) is 1.17. The molecule has 1 aliphatic carbocycles. The van der Waals surface area contributed by atoms with Gasteiger partial charge in [-0.15, -0.1) is 0 Å². The van der Waals surface area contributed by atoms with E-state index >= 15 is 0 Å². The monoisotopic (exact) mass is 248 g/mol. The third kappa shape index (κ3) is 2.74. The molecule has 0 atom stereocenters. The van der Waals surface area contributed by atoms with Crippen molar-refractivity contribution in [3.63, 3.8) is 0 Å². The highest BCUT2D eigenvalue weighted by atomic mass is 15.2. The Hall–Kier alpha value is -1.32. The quantitative estimate of drug-likeness (QED) is 0.869. The molecule has 1 heterocycles. The fraction of sp³-hybridized carbons (Fsp3) is 0.714. The molecule has 4 nitrogen and oxygen atoms in total. The van der Waals surface area contributed by atoms with Gasteiger partial charge in [-0.25, -0.2) is 4.98 Å². The van der Waals surface area contributed by atoms with Crippen LogP contribution in [-0.2, 0) is 0 Å². The number of rotatable bonds is 5. The molecule has 0 amide bonds. The minimum absolute atomic E-state index is 0.665. The molecule has 1 N–H and O–H groups in total. The van der Waals surface area contributed by atoms with Crippen LogP contribution in [0.2, 0.25) is 0 Å². The number of nitrogens with one attached hydrogen (secondary N) is 1. The summed E-state index contributed by atoms with van der Waals surface area (Å²) in [5, 5.41) is 3.20. The zero-order valence-electron chi connectivity index (χ0n) is 11.7. The number of anilines is 2. The van der Waals surface area contributed by atoms with Crippen LogP contribution in [0.15, 0.2) is 6.20 Å². The van der Waals surface area contributed by atoms with E-state index in [1.807, 2.05) is 6.20 Å². The van der Waals surface area contributed by atoms with E-state index in [4.69, 9.17) is 0 Å². The van der Waals surface area contributed by atoms with Crippen molar-refractivity contribution in [3.8, 4) is 0 Å². The Morgan fingerprint density at radius 2 is 2.06 bits per heavy atom. The van der Waals surface area contributed by atoms with Crippen LogP contribution in [0.25, 0.3) is 0 Å². The van der Waals surface area contributed by atoms with Crippen molar-refractivity contribution in [2.75, 3.05) is 23.3 Å². The second-order valence-electron chi connectivity index (χ2n) is 4.95. The maximum absolute atomic E-state index is 4.68. The SMILES string of the molecule is CCNc1ncc(C)c(N(CC)C2CCCC2)n1. The molecule has 0 spiro atoms. The first kappa shape index (κ1) is 13.1.